The maximum Gasteiger partial charge on any atom is 0.324 e. The number of aliphatic carboxylic acids is 1. The topological polar surface area (TPSA) is 63.6 Å². The number of carbonyl (C=O) groups excluding carboxylic acids is 1. The van der Waals surface area contributed by atoms with Crippen LogP contribution in [0.1, 0.15) is 25.3 Å². The summed E-state index contributed by atoms with van der Waals surface area (Å²) >= 11 is 0. The van der Waals surface area contributed by atoms with E-state index in [-0.39, 0.29) is 12.5 Å². The Kier molecular flexibility index (Phi) is 4.69. The van der Waals surface area contributed by atoms with Crippen LogP contribution in [-0.4, -0.2) is 23.7 Å². The fraction of sp³-hybridized carbons (Fsp3) is 0.385. The fourth-order valence-electron chi connectivity index (χ4n) is 1.36. The number of rotatable bonds is 5. The van der Waals surface area contributed by atoms with Crippen molar-refractivity contribution in [2.45, 2.75) is 19.8 Å². The van der Waals surface area contributed by atoms with E-state index in [4.69, 9.17) is 9.84 Å². The van der Waals surface area contributed by atoms with Crippen molar-refractivity contribution in [1.82, 2.24) is 0 Å². The van der Waals surface area contributed by atoms with Crippen molar-refractivity contribution < 1.29 is 19.4 Å². The monoisotopic (exact) mass is 236 g/mol. The second-order valence-corrected chi connectivity index (χ2v) is 4.21. The standard InChI is InChI=1S/C13H16O4/c1-9(2)8-17-13(16)11(12(14)15)10-6-4-3-5-7-10/h3-7,9,11H,8H2,1-2H3,(H,14,15). The molecule has 0 aromatic heterocycles. The van der Waals surface area contributed by atoms with E-state index >= 15 is 0 Å². The molecule has 0 aliphatic carbocycles. The number of benzene rings is 1. The Bertz CT molecular complexity index is 384. The average molecular weight is 236 g/mol. The van der Waals surface area contributed by atoms with Gasteiger partial charge in [-0.25, -0.2) is 0 Å². The molecule has 17 heavy (non-hydrogen) atoms. The quantitative estimate of drug-likeness (QED) is 0.627. The Morgan fingerprint density at radius 3 is 2.29 bits per heavy atom. The smallest absolute Gasteiger partial charge is 0.324 e. The second kappa shape index (κ2) is 6.03. The number of carboxylic acid groups (broad SMARTS) is 1. The second-order valence-electron chi connectivity index (χ2n) is 4.21. The van der Waals surface area contributed by atoms with E-state index in [1.807, 2.05) is 13.8 Å². The van der Waals surface area contributed by atoms with E-state index in [0.29, 0.717) is 5.56 Å². The lowest BCUT2D eigenvalue weighted by atomic mass is 10.00. The minimum atomic E-state index is -1.24. The molecule has 4 heteroatoms. The summed E-state index contributed by atoms with van der Waals surface area (Å²) in [7, 11) is 0. The molecule has 0 aliphatic heterocycles. The van der Waals surface area contributed by atoms with Crippen LogP contribution in [-0.2, 0) is 14.3 Å². The first-order chi connectivity index (χ1) is 8.02. The zero-order chi connectivity index (χ0) is 12.8. The Morgan fingerprint density at radius 2 is 1.82 bits per heavy atom. The highest BCUT2D eigenvalue weighted by molar-refractivity contribution is 5.99. The van der Waals surface area contributed by atoms with Crippen LogP contribution < -0.4 is 0 Å². The molecule has 1 aromatic rings. The number of carboxylic acids is 1. The molecule has 0 saturated carbocycles. The van der Waals surface area contributed by atoms with Crippen molar-refractivity contribution in [3.8, 4) is 0 Å². The van der Waals surface area contributed by atoms with Crippen LogP contribution in [0.15, 0.2) is 30.3 Å². The summed E-state index contributed by atoms with van der Waals surface area (Å²) in [5, 5.41) is 9.06. The summed E-state index contributed by atoms with van der Waals surface area (Å²) in [6.45, 7) is 4.02. The lowest BCUT2D eigenvalue weighted by Crippen LogP contribution is -2.25. The third kappa shape index (κ3) is 3.90. The number of esters is 1. The largest absolute Gasteiger partial charge is 0.480 e. The predicted octanol–water partition coefficient (Wildman–Crippen LogP) is 2.05. The normalized spacial score (nSPS) is 12.2. The van der Waals surface area contributed by atoms with E-state index in [1.165, 1.54) is 0 Å². The van der Waals surface area contributed by atoms with Gasteiger partial charge in [-0.1, -0.05) is 44.2 Å². The summed E-state index contributed by atoms with van der Waals surface area (Å²) in [4.78, 5) is 22.8. The third-order valence-electron chi connectivity index (χ3n) is 2.17. The summed E-state index contributed by atoms with van der Waals surface area (Å²) in [5.74, 6) is -2.96. The van der Waals surface area contributed by atoms with Crippen molar-refractivity contribution in [2.75, 3.05) is 6.61 Å². The molecule has 0 fully saturated rings. The van der Waals surface area contributed by atoms with Gasteiger partial charge >= 0.3 is 11.9 Å². The molecule has 4 nitrogen and oxygen atoms in total. The molecule has 92 valence electrons. The van der Waals surface area contributed by atoms with Gasteiger partial charge in [0.25, 0.3) is 0 Å². The molecule has 1 atom stereocenters. The molecule has 0 spiro atoms. The van der Waals surface area contributed by atoms with Crippen molar-refractivity contribution >= 4 is 11.9 Å². The molecule has 0 heterocycles. The molecule has 0 amide bonds. The van der Waals surface area contributed by atoms with Crippen LogP contribution in [0.2, 0.25) is 0 Å². The van der Waals surface area contributed by atoms with Gasteiger partial charge in [-0.15, -0.1) is 0 Å². The van der Waals surface area contributed by atoms with E-state index in [2.05, 4.69) is 0 Å². The van der Waals surface area contributed by atoms with E-state index in [1.54, 1.807) is 30.3 Å². The zero-order valence-electron chi connectivity index (χ0n) is 9.92. The molecule has 0 bridgehead atoms. The summed E-state index contributed by atoms with van der Waals surface area (Å²) < 4.78 is 4.96. The Labute approximate surface area is 100 Å². The van der Waals surface area contributed by atoms with Gasteiger partial charge in [0.15, 0.2) is 5.92 Å². The maximum absolute atomic E-state index is 11.7. The number of carbonyl (C=O) groups is 2. The van der Waals surface area contributed by atoms with Crippen LogP contribution >= 0.6 is 0 Å². The van der Waals surface area contributed by atoms with E-state index in [0.717, 1.165) is 0 Å². The molecule has 0 aliphatic rings. The number of hydrogen-bond donors (Lipinski definition) is 1. The van der Waals surface area contributed by atoms with Gasteiger partial charge in [0.2, 0.25) is 0 Å². The highest BCUT2D eigenvalue weighted by Gasteiger charge is 2.29. The van der Waals surface area contributed by atoms with Crippen LogP contribution in [0.25, 0.3) is 0 Å². The third-order valence-corrected chi connectivity index (χ3v) is 2.17. The molecule has 1 aromatic carbocycles. The maximum atomic E-state index is 11.7. The van der Waals surface area contributed by atoms with Crippen LogP contribution in [0.5, 0.6) is 0 Å². The number of ether oxygens (including phenoxy) is 1. The van der Waals surface area contributed by atoms with Crippen LogP contribution in [0.4, 0.5) is 0 Å². The molecule has 1 unspecified atom stereocenters. The summed E-state index contributed by atoms with van der Waals surface area (Å²) in [5.41, 5.74) is 0.439. The van der Waals surface area contributed by atoms with Crippen LogP contribution in [0.3, 0.4) is 0 Å². The minimum absolute atomic E-state index is 0.184. The van der Waals surface area contributed by atoms with Gasteiger partial charge in [0, 0.05) is 0 Å². The van der Waals surface area contributed by atoms with Crippen molar-refractivity contribution in [2.24, 2.45) is 5.92 Å². The van der Waals surface area contributed by atoms with Gasteiger partial charge in [0.1, 0.15) is 0 Å². The van der Waals surface area contributed by atoms with Crippen molar-refractivity contribution in [3.05, 3.63) is 35.9 Å². The van der Waals surface area contributed by atoms with Gasteiger partial charge in [-0.2, -0.15) is 0 Å². The van der Waals surface area contributed by atoms with Crippen LogP contribution in [0, 0.1) is 5.92 Å². The van der Waals surface area contributed by atoms with Gasteiger partial charge in [-0.05, 0) is 11.5 Å². The van der Waals surface area contributed by atoms with Gasteiger partial charge < -0.3 is 9.84 Å². The lowest BCUT2D eigenvalue weighted by Gasteiger charge is -2.13. The molecule has 0 saturated heterocycles. The minimum Gasteiger partial charge on any atom is -0.480 e. The highest BCUT2D eigenvalue weighted by Crippen LogP contribution is 2.17. The average Bonchev–Trinajstić information content (AvgIpc) is 2.27. The van der Waals surface area contributed by atoms with Crippen molar-refractivity contribution in [1.29, 1.82) is 0 Å². The summed E-state index contributed by atoms with van der Waals surface area (Å²) in [6.07, 6.45) is 0. The first-order valence-electron chi connectivity index (χ1n) is 5.46. The molecule has 0 radical (unpaired) electrons. The van der Waals surface area contributed by atoms with Gasteiger partial charge in [0.05, 0.1) is 6.61 Å². The van der Waals surface area contributed by atoms with Gasteiger partial charge in [-0.3, -0.25) is 9.59 Å². The Hall–Kier alpha value is -1.84. The van der Waals surface area contributed by atoms with E-state index < -0.39 is 17.9 Å². The highest BCUT2D eigenvalue weighted by atomic mass is 16.5. The zero-order valence-corrected chi connectivity index (χ0v) is 9.92. The first kappa shape index (κ1) is 13.2. The molecule has 1 rings (SSSR count). The SMILES string of the molecule is CC(C)COC(=O)C(C(=O)O)c1ccccc1. The van der Waals surface area contributed by atoms with E-state index in [9.17, 15) is 9.59 Å². The first-order valence-corrected chi connectivity index (χ1v) is 5.46. The number of hydrogen-bond acceptors (Lipinski definition) is 3. The predicted molar refractivity (Wildman–Crippen MR) is 62.6 cm³/mol. The lowest BCUT2D eigenvalue weighted by molar-refractivity contribution is -0.154. The Morgan fingerprint density at radius 1 is 1.24 bits per heavy atom. The van der Waals surface area contributed by atoms with Crippen molar-refractivity contribution in [3.63, 3.8) is 0 Å². The molecule has 1 N–H and O–H groups in total. The Balaban J connectivity index is 2.80. The molecular weight excluding hydrogens is 220 g/mol. The molecular formula is C13H16O4. The summed E-state index contributed by atoms with van der Waals surface area (Å²) in [6, 6.07) is 8.37. The fourth-order valence-corrected chi connectivity index (χ4v) is 1.36.